The Balaban J connectivity index is 0.00000161. The quantitative estimate of drug-likeness (QED) is 0.913. The van der Waals surface area contributed by atoms with Gasteiger partial charge >= 0.3 is 0 Å². The van der Waals surface area contributed by atoms with E-state index in [4.69, 9.17) is 0 Å². The van der Waals surface area contributed by atoms with Crippen molar-refractivity contribution in [1.82, 2.24) is 15.3 Å². The molecular weight excluding hydrogens is 288 g/mol. The zero-order valence-corrected chi connectivity index (χ0v) is 12.3. The van der Waals surface area contributed by atoms with E-state index in [0.717, 1.165) is 24.9 Å². The lowest BCUT2D eigenvalue weighted by Crippen LogP contribution is -2.35. The molecule has 1 aromatic heterocycles. The van der Waals surface area contributed by atoms with Crippen LogP contribution < -0.4 is 10.6 Å². The lowest BCUT2D eigenvalue weighted by molar-refractivity contribution is -0.117. The Kier molecular flexibility index (Phi) is 5.25. The zero-order chi connectivity index (χ0) is 13.8. The average molecular weight is 305 g/mol. The third-order valence-electron chi connectivity index (χ3n) is 3.33. The smallest absolute Gasteiger partial charge is 0.241 e. The molecule has 21 heavy (non-hydrogen) atoms. The van der Waals surface area contributed by atoms with E-state index >= 15 is 0 Å². The summed E-state index contributed by atoms with van der Waals surface area (Å²) >= 11 is 0. The molecule has 1 saturated heterocycles. The van der Waals surface area contributed by atoms with Gasteiger partial charge in [0.15, 0.2) is 5.82 Å². The molecule has 0 radical (unpaired) electrons. The predicted molar refractivity (Wildman–Crippen MR) is 84.4 cm³/mol. The lowest BCUT2D eigenvalue weighted by atomic mass is 10.2. The number of nitrogens with one attached hydrogen (secondary N) is 2. The van der Waals surface area contributed by atoms with Crippen LogP contribution in [0.2, 0.25) is 0 Å². The number of rotatable bonds is 3. The molecule has 1 fully saturated rings. The highest BCUT2D eigenvalue weighted by atomic mass is 35.5. The fourth-order valence-electron chi connectivity index (χ4n) is 2.27. The fourth-order valence-corrected chi connectivity index (χ4v) is 2.27. The summed E-state index contributed by atoms with van der Waals surface area (Å²) in [5, 5.41) is 6.00. The standard InChI is InChI=1S/C15H16N4O.ClH/c20-15(13-7-4-8-16-13)19-12-9-17-14(18-10-12)11-5-2-1-3-6-11;/h1-3,5-6,9-10,13,16H,4,7-8H2,(H,19,20);1H. The summed E-state index contributed by atoms with van der Waals surface area (Å²) in [5.74, 6) is 0.640. The van der Waals surface area contributed by atoms with Crippen LogP contribution in [0.15, 0.2) is 42.7 Å². The molecule has 3 rings (SSSR count). The molecule has 1 atom stereocenters. The van der Waals surface area contributed by atoms with Crippen molar-refractivity contribution in [2.45, 2.75) is 18.9 Å². The van der Waals surface area contributed by atoms with Crippen LogP contribution in [0.25, 0.3) is 11.4 Å². The van der Waals surface area contributed by atoms with Crippen LogP contribution in [-0.4, -0.2) is 28.5 Å². The highest BCUT2D eigenvalue weighted by Gasteiger charge is 2.21. The number of amides is 1. The molecule has 1 unspecified atom stereocenters. The van der Waals surface area contributed by atoms with Gasteiger partial charge in [-0.3, -0.25) is 4.79 Å². The second kappa shape index (κ2) is 7.15. The van der Waals surface area contributed by atoms with Crippen molar-refractivity contribution >= 4 is 24.0 Å². The minimum absolute atomic E-state index is 0. The van der Waals surface area contributed by atoms with Gasteiger partial charge in [0, 0.05) is 5.56 Å². The van der Waals surface area contributed by atoms with Gasteiger partial charge in [-0.1, -0.05) is 30.3 Å². The number of anilines is 1. The molecule has 1 aliphatic heterocycles. The molecule has 2 N–H and O–H groups in total. The van der Waals surface area contributed by atoms with Gasteiger partial charge in [-0.15, -0.1) is 12.4 Å². The number of carbonyl (C=O) groups excluding carboxylic acids is 1. The molecule has 5 nitrogen and oxygen atoms in total. The molecule has 0 bridgehead atoms. The molecule has 2 aromatic rings. The maximum absolute atomic E-state index is 11.9. The Morgan fingerprint density at radius 2 is 1.90 bits per heavy atom. The predicted octanol–water partition coefficient (Wildman–Crippen LogP) is 2.26. The Hall–Kier alpha value is -1.98. The van der Waals surface area contributed by atoms with Crippen molar-refractivity contribution in [3.05, 3.63) is 42.7 Å². The van der Waals surface area contributed by atoms with Crippen LogP contribution in [0.4, 0.5) is 5.69 Å². The van der Waals surface area contributed by atoms with Crippen molar-refractivity contribution < 1.29 is 4.79 Å². The number of aromatic nitrogens is 2. The second-order valence-corrected chi connectivity index (χ2v) is 4.80. The minimum atomic E-state index is -0.0937. The Morgan fingerprint density at radius 1 is 1.19 bits per heavy atom. The normalized spacial score (nSPS) is 17.0. The summed E-state index contributed by atoms with van der Waals surface area (Å²) in [6.45, 7) is 0.904. The van der Waals surface area contributed by atoms with Crippen LogP contribution >= 0.6 is 12.4 Å². The summed E-state index contributed by atoms with van der Waals surface area (Å²) in [6.07, 6.45) is 5.21. The topological polar surface area (TPSA) is 66.9 Å². The molecule has 1 aromatic carbocycles. The number of hydrogen-bond acceptors (Lipinski definition) is 4. The van der Waals surface area contributed by atoms with Crippen molar-refractivity contribution in [2.75, 3.05) is 11.9 Å². The number of benzene rings is 1. The van der Waals surface area contributed by atoms with Crippen molar-refractivity contribution in [1.29, 1.82) is 0 Å². The van der Waals surface area contributed by atoms with Crippen LogP contribution in [-0.2, 0) is 4.79 Å². The first-order chi connectivity index (χ1) is 9.83. The Labute approximate surface area is 129 Å². The first-order valence-corrected chi connectivity index (χ1v) is 6.74. The van der Waals surface area contributed by atoms with Gasteiger partial charge in [-0.25, -0.2) is 9.97 Å². The molecule has 1 amide bonds. The molecule has 0 aliphatic carbocycles. The Morgan fingerprint density at radius 3 is 2.52 bits per heavy atom. The lowest BCUT2D eigenvalue weighted by Gasteiger charge is -2.10. The summed E-state index contributed by atoms with van der Waals surface area (Å²) in [4.78, 5) is 20.5. The van der Waals surface area contributed by atoms with E-state index in [9.17, 15) is 4.79 Å². The van der Waals surface area contributed by atoms with E-state index in [-0.39, 0.29) is 24.4 Å². The van der Waals surface area contributed by atoms with E-state index in [2.05, 4.69) is 20.6 Å². The number of carbonyl (C=O) groups is 1. The average Bonchev–Trinajstić information content (AvgIpc) is 3.03. The monoisotopic (exact) mass is 304 g/mol. The molecule has 6 heteroatoms. The Bertz CT molecular complexity index is 582. The fraction of sp³-hybridized carbons (Fsp3) is 0.267. The molecule has 0 spiro atoms. The van der Waals surface area contributed by atoms with Gasteiger partial charge < -0.3 is 10.6 Å². The van der Waals surface area contributed by atoms with Crippen LogP contribution in [0.5, 0.6) is 0 Å². The van der Waals surface area contributed by atoms with E-state index in [0.29, 0.717) is 11.5 Å². The molecule has 0 saturated carbocycles. The third-order valence-corrected chi connectivity index (χ3v) is 3.33. The van der Waals surface area contributed by atoms with Crippen molar-refractivity contribution in [3.63, 3.8) is 0 Å². The summed E-state index contributed by atoms with van der Waals surface area (Å²) in [6, 6.07) is 9.66. The first kappa shape index (κ1) is 15.4. The van der Waals surface area contributed by atoms with Gasteiger partial charge in [0.05, 0.1) is 24.1 Å². The zero-order valence-electron chi connectivity index (χ0n) is 11.5. The SMILES string of the molecule is Cl.O=C(Nc1cnc(-c2ccccc2)nc1)C1CCCN1. The van der Waals surface area contributed by atoms with Crippen molar-refractivity contribution in [2.24, 2.45) is 0 Å². The van der Waals surface area contributed by atoms with E-state index < -0.39 is 0 Å². The minimum Gasteiger partial charge on any atom is -0.322 e. The van der Waals surface area contributed by atoms with Crippen LogP contribution in [0, 0.1) is 0 Å². The van der Waals surface area contributed by atoms with E-state index in [1.54, 1.807) is 12.4 Å². The highest BCUT2D eigenvalue weighted by molar-refractivity contribution is 5.94. The molecule has 110 valence electrons. The molecule has 2 heterocycles. The molecule has 1 aliphatic rings. The summed E-state index contributed by atoms with van der Waals surface area (Å²) in [7, 11) is 0. The maximum Gasteiger partial charge on any atom is 0.241 e. The number of nitrogens with zero attached hydrogens (tertiary/aromatic N) is 2. The van der Waals surface area contributed by atoms with E-state index in [1.807, 2.05) is 30.3 Å². The van der Waals surface area contributed by atoms with Gasteiger partial charge in [0.2, 0.25) is 5.91 Å². The second-order valence-electron chi connectivity index (χ2n) is 4.80. The van der Waals surface area contributed by atoms with Gasteiger partial charge in [-0.2, -0.15) is 0 Å². The van der Waals surface area contributed by atoms with Crippen LogP contribution in [0.3, 0.4) is 0 Å². The first-order valence-electron chi connectivity index (χ1n) is 6.74. The van der Waals surface area contributed by atoms with Crippen molar-refractivity contribution in [3.8, 4) is 11.4 Å². The maximum atomic E-state index is 11.9. The third kappa shape index (κ3) is 3.77. The van der Waals surface area contributed by atoms with Gasteiger partial charge in [-0.05, 0) is 19.4 Å². The van der Waals surface area contributed by atoms with Gasteiger partial charge in [0.25, 0.3) is 0 Å². The highest BCUT2D eigenvalue weighted by Crippen LogP contribution is 2.15. The molecular formula is C15H17ClN4O. The summed E-state index contributed by atoms with van der Waals surface area (Å²) < 4.78 is 0. The largest absolute Gasteiger partial charge is 0.322 e. The van der Waals surface area contributed by atoms with E-state index in [1.165, 1.54) is 0 Å². The summed E-state index contributed by atoms with van der Waals surface area (Å²) in [5.41, 5.74) is 1.59. The number of halogens is 1. The van der Waals surface area contributed by atoms with Crippen LogP contribution in [0.1, 0.15) is 12.8 Å². The number of hydrogen-bond donors (Lipinski definition) is 2. The van der Waals surface area contributed by atoms with Gasteiger partial charge in [0.1, 0.15) is 0 Å².